The maximum Gasteiger partial charge on any atom is 0.322 e. The second kappa shape index (κ2) is 5.06. The molecular weight excluding hydrogens is 462 g/mol. The van der Waals surface area contributed by atoms with Crippen molar-refractivity contribution in [3.63, 3.8) is 0 Å². The van der Waals surface area contributed by atoms with Gasteiger partial charge in [-0.15, -0.1) is 0 Å². The first-order valence-corrected chi connectivity index (χ1v) is 7.64. The molecule has 0 fully saturated rings. The van der Waals surface area contributed by atoms with Crippen LogP contribution in [0.4, 0.5) is 0 Å². The van der Waals surface area contributed by atoms with Crippen molar-refractivity contribution < 1.29 is 19.8 Å². The van der Waals surface area contributed by atoms with E-state index in [2.05, 4.69) is 0 Å². The highest BCUT2D eigenvalue weighted by molar-refractivity contribution is 14.1. The van der Waals surface area contributed by atoms with Crippen LogP contribution in [-0.4, -0.2) is 29.0 Å². The molecule has 0 aliphatic rings. The molecule has 0 aromatic heterocycles. The molecule has 0 aromatic rings. The minimum atomic E-state index is -1.43. The van der Waals surface area contributed by atoms with E-state index in [1.807, 2.05) is 0 Å². The Bertz CT molecular complexity index is 331. The van der Waals surface area contributed by atoms with Gasteiger partial charge in [-0.2, -0.15) is 0 Å². The third-order valence-corrected chi connectivity index (χ3v) is 9.94. The van der Waals surface area contributed by atoms with Gasteiger partial charge in [-0.25, -0.2) is 0 Å². The summed E-state index contributed by atoms with van der Waals surface area (Å²) in [6.45, 7) is 10.6. The lowest BCUT2D eigenvalue weighted by Gasteiger charge is -2.51. The molecule has 0 spiro atoms. The van der Waals surface area contributed by atoms with Crippen molar-refractivity contribution >= 4 is 57.1 Å². The number of carboxylic acid groups (broad SMARTS) is 2. The summed E-state index contributed by atoms with van der Waals surface area (Å²) in [5.41, 5.74) is -1.40. The zero-order valence-corrected chi connectivity index (χ0v) is 15.8. The molecule has 2 unspecified atom stereocenters. The normalized spacial score (nSPS) is 19.8. The quantitative estimate of drug-likeness (QED) is 0.477. The average molecular weight is 482 g/mol. The Morgan fingerprint density at radius 2 is 0.889 bits per heavy atom. The van der Waals surface area contributed by atoms with Crippen molar-refractivity contribution in [1.82, 2.24) is 0 Å². The molecule has 0 aromatic carbocycles. The van der Waals surface area contributed by atoms with E-state index in [-0.39, 0.29) is 0 Å². The predicted molar refractivity (Wildman–Crippen MR) is 87.7 cm³/mol. The van der Waals surface area contributed by atoms with Gasteiger partial charge in [0.25, 0.3) is 0 Å². The van der Waals surface area contributed by atoms with Gasteiger partial charge >= 0.3 is 11.9 Å². The first-order chi connectivity index (χ1) is 7.64. The molecule has 0 heterocycles. The van der Waals surface area contributed by atoms with Crippen LogP contribution in [0.15, 0.2) is 0 Å². The zero-order chi connectivity index (χ0) is 15.2. The van der Waals surface area contributed by atoms with Crippen LogP contribution in [0, 0.1) is 10.8 Å². The molecule has 106 valence electrons. The third kappa shape index (κ3) is 2.51. The SMILES string of the molecule is CC(C)(C)C(I)(C(=O)O)C(I)(C(=O)O)C(C)(C)C. The number of aliphatic carboxylic acids is 2. The average Bonchev–Trinajstić information content (AvgIpc) is 2.10. The van der Waals surface area contributed by atoms with E-state index in [1.165, 1.54) is 0 Å². The number of carboxylic acids is 2. The van der Waals surface area contributed by atoms with Crippen molar-refractivity contribution in [3.8, 4) is 0 Å². The van der Waals surface area contributed by atoms with Crippen molar-refractivity contribution in [2.24, 2.45) is 10.8 Å². The lowest BCUT2D eigenvalue weighted by Crippen LogP contribution is -2.67. The summed E-state index contributed by atoms with van der Waals surface area (Å²) >= 11 is 3.61. The van der Waals surface area contributed by atoms with E-state index in [9.17, 15) is 19.8 Å². The van der Waals surface area contributed by atoms with Gasteiger partial charge in [-0.05, 0) is 10.8 Å². The Kier molecular flexibility index (Phi) is 5.18. The van der Waals surface area contributed by atoms with Crippen LogP contribution in [-0.2, 0) is 9.59 Å². The van der Waals surface area contributed by atoms with Gasteiger partial charge in [-0.3, -0.25) is 9.59 Å². The van der Waals surface area contributed by atoms with Gasteiger partial charge in [-0.1, -0.05) is 86.7 Å². The lowest BCUT2D eigenvalue weighted by molar-refractivity contribution is -0.154. The Labute approximate surface area is 135 Å². The van der Waals surface area contributed by atoms with E-state index >= 15 is 0 Å². The van der Waals surface area contributed by atoms with E-state index in [0.29, 0.717) is 0 Å². The Hall–Kier alpha value is 0.400. The van der Waals surface area contributed by atoms with Gasteiger partial charge in [0, 0.05) is 0 Å². The second-order valence-corrected chi connectivity index (χ2v) is 9.66. The van der Waals surface area contributed by atoms with Gasteiger partial charge in [0.1, 0.15) is 6.84 Å². The number of alkyl halides is 2. The molecule has 6 heteroatoms. The number of hydrogen-bond donors (Lipinski definition) is 2. The highest BCUT2D eigenvalue weighted by Gasteiger charge is 2.69. The van der Waals surface area contributed by atoms with Crippen molar-refractivity contribution in [2.75, 3.05) is 0 Å². The number of hydrogen-bond acceptors (Lipinski definition) is 2. The summed E-state index contributed by atoms with van der Waals surface area (Å²) in [5.74, 6) is -2.19. The molecule has 0 saturated carbocycles. The summed E-state index contributed by atoms with van der Waals surface area (Å²) in [6.07, 6.45) is 0. The van der Waals surface area contributed by atoms with Gasteiger partial charge < -0.3 is 10.2 Å². The summed E-state index contributed by atoms with van der Waals surface area (Å²) in [5, 5.41) is 19.3. The highest BCUT2D eigenvalue weighted by atomic mass is 127. The number of rotatable bonds is 3. The standard InChI is InChI=1S/C12H20I2O4/c1-9(2,3)11(13,7(15)16)12(14,8(17)18)10(4,5)6/h1-6H3,(H,15,16)(H,17,18). The van der Waals surface area contributed by atoms with E-state index in [4.69, 9.17) is 0 Å². The smallest absolute Gasteiger partial charge is 0.322 e. The molecule has 4 nitrogen and oxygen atoms in total. The van der Waals surface area contributed by atoms with Crippen molar-refractivity contribution in [1.29, 1.82) is 0 Å². The van der Waals surface area contributed by atoms with Gasteiger partial charge in [0.15, 0.2) is 0 Å². The maximum atomic E-state index is 11.8. The molecule has 2 N–H and O–H groups in total. The maximum absolute atomic E-state index is 11.8. The molecule has 0 amide bonds. The summed E-state index contributed by atoms with van der Waals surface area (Å²) < 4.78 is -2.86. The molecule has 18 heavy (non-hydrogen) atoms. The van der Waals surface area contributed by atoms with Gasteiger partial charge in [0.2, 0.25) is 0 Å². The molecule has 0 saturated heterocycles. The Morgan fingerprint density at radius 3 is 0.944 bits per heavy atom. The number of halogens is 2. The monoisotopic (exact) mass is 482 g/mol. The van der Waals surface area contributed by atoms with Gasteiger partial charge in [0.05, 0.1) is 0 Å². The number of carbonyl (C=O) groups is 2. The molecule has 0 aliphatic carbocycles. The van der Waals surface area contributed by atoms with E-state index < -0.39 is 29.6 Å². The van der Waals surface area contributed by atoms with E-state index in [0.717, 1.165) is 0 Å². The summed E-state index contributed by atoms with van der Waals surface area (Å²) in [7, 11) is 0. The van der Waals surface area contributed by atoms with E-state index in [1.54, 1.807) is 86.7 Å². The van der Waals surface area contributed by atoms with Crippen molar-refractivity contribution in [2.45, 2.75) is 48.4 Å². The summed E-state index contributed by atoms with van der Waals surface area (Å²) in [4.78, 5) is 23.6. The third-order valence-electron chi connectivity index (χ3n) is 3.13. The van der Waals surface area contributed by atoms with Crippen LogP contribution in [0.3, 0.4) is 0 Å². The Balaban J connectivity index is 6.37. The van der Waals surface area contributed by atoms with Crippen LogP contribution in [0.5, 0.6) is 0 Å². The summed E-state index contributed by atoms with van der Waals surface area (Å²) in [6, 6.07) is 0. The highest BCUT2D eigenvalue weighted by Crippen LogP contribution is 2.58. The molecule has 0 bridgehead atoms. The minimum Gasteiger partial charge on any atom is -0.480 e. The van der Waals surface area contributed by atoms with Crippen LogP contribution in [0.25, 0.3) is 0 Å². The second-order valence-electron chi connectivity index (χ2n) is 6.43. The topological polar surface area (TPSA) is 74.6 Å². The molecule has 0 rings (SSSR count). The zero-order valence-electron chi connectivity index (χ0n) is 11.5. The first kappa shape index (κ1) is 18.4. The fraction of sp³-hybridized carbons (Fsp3) is 0.833. The van der Waals surface area contributed by atoms with Crippen LogP contribution < -0.4 is 0 Å². The largest absolute Gasteiger partial charge is 0.480 e. The van der Waals surface area contributed by atoms with Crippen LogP contribution in [0.1, 0.15) is 41.5 Å². The van der Waals surface area contributed by atoms with Crippen LogP contribution in [0.2, 0.25) is 0 Å². The molecule has 0 radical (unpaired) electrons. The Morgan fingerprint density at radius 1 is 0.722 bits per heavy atom. The fourth-order valence-corrected chi connectivity index (χ4v) is 4.05. The predicted octanol–water partition coefficient (Wildman–Crippen LogP) is 3.60. The molecule has 0 aliphatic heterocycles. The molecule has 2 atom stereocenters. The lowest BCUT2D eigenvalue weighted by atomic mass is 9.64. The van der Waals surface area contributed by atoms with Crippen LogP contribution >= 0.6 is 45.2 Å². The van der Waals surface area contributed by atoms with Crippen molar-refractivity contribution in [3.05, 3.63) is 0 Å². The minimum absolute atomic E-state index is 0.702. The first-order valence-electron chi connectivity index (χ1n) is 5.48. The molecular formula is C12H20I2O4. The fourth-order valence-electron chi connectivity index (χ4n) is 1.97.